The predicted octanol–water partition coefficient (Wildman–Crippen LogP) is 5.14. The van der Waals surface area contributed by atoms with E-state index in [4.69, 9.17) is 21.1 Å². The zero-order valence-corrected chi connectivity index (χ0v) is 14.5. The van der Waals surface area contributed by atoms with Crippen molar-refractivity contribution in [3.63, 3.8) is 0 Å². The summed E-state index contributed by atoms with van der Waals surface area (Å²) in [7, 11) is 1.54. The lowest BCUT2D eigenvalue weighted by molar-refractivity contribution is 0.0731. The molecule has 128 valence electrons. The van der Waals surface area contributed by atoms with Crippen LogP contribution < -0.4 is 9.47 Å². The van der Waals surface area contributed by atoms with Gasteiger partial charge < -0.3 is 9.47 Å². The molecule has 0 aliphatic carbocycles. The first kappa shape index (κ1) is 18.2. The first-order chi connectivity index (χ1) is 11.1. The Kier molecular flexibility index (Phi) is 5.13. The molecule has 0 aliphatic heterocycles. The average Bonchev–Trinajstić information content (AvgIpc) is 2.50. The molecule has 2 aromatic rings. The average molecular weight is 355 g/mol. The SMILES string of the molecule is COc1ccc(OC(=O)c2cc(F)c(F)cc2Cl)c(C(C)(C)C)c1. The van der Waals surface area contributed by atoms with Crippen LogP contribution in [0.1, 0.15) is 36.7 Å². The van der Waals surface area contributed by atoms with Gasteiger partial charge in [0.1, 0.15) is 11.5 Å². The molecule has 24 heavy (non-hydrogen) atoms. The minimum absolute atomic E-state index is 0.218. The third-order valence-electron chi connectivity index (χ3n) is 3.43. The second-order valence-electron chi connectivity index (χ2n) is 6.25. The highest BCUT2D eigenvalue weighted by atomic mass is 35.5. The van der Waals surface area contributed by atoms with Crippen LogP contribution in [0.15, 0.2) is 30.3 Å². The predicted molar refractivity (Wildman–Crippen MR) is 88.0 cm³/mol. The fourth-order valence-electron chi connectivity index (χ4n) is 2.15. The lowest BCUT2D eigenvalue weighted by Crippen LogP contribution is -2.17. The Bertz CT molecular complexity index is 783. The lowest BCUT2D eigenvalue weighted by Gasteiger charge is -2.23. The van der Waals surface area contributed by atoms with Gasteiger partial charge in [-0.15, -0.1) is 0 Å². The van der Waals surface area contributed by atoms with Gasteiger partial charge in [-0.05, 0) is 35.7 Å². The highest BCUT2D eigenvalue weighted by Gasteiger charge is 2.23. The van der Waals surface area contributed by atoms with Crippen molar-refractivity contribution < 1.29 is 23.0 Å². The molecule has 0 bridgehead atoms. The molecule has 6 heteroatoms. The fraction of sp³-hybridized carbons (Fsp3) is 0.278. The van der Waals surface area contributed by atoms with Gasteiger partial charge in [0.15, 0.2) is 11.6 Å². The molecule has 0 atom stereocenters. The van der Waals surface area contributed by atoms with Gasteiger partial charge in [0, 0.05) is 5.56 Å². The van der Waals surface area contributed by atoms with Crippen LogP contribution in [-0.4, -0.2) is 13.1 Å². The summed E-state index contributed by atoms with van der Waals surface area (Å²) >= 11 is 5.81. The number of hydrogen-bond donors (Lipinski definition) is 0. The van der Waals surface area contributed by atoms with Gasteiger partial charge in [0.2, 0.25) is 0 Å². The van der Waals surface area contributed by atoms with E-state index >= 15 is 0 Å². The summed E-state index contributed by atoms with van der Waals surface area (Å²) in [6.45, 7) is 5.84. The van der Waals surface area contributed by atoms with Crippen molar-refractivity contribution in [1.82, 2.24) is 0 Å². The van der Waals surface area contributed by atoms with Gasteiger partial charge in [0.05, 0.1) is 17.7 Å². The van der Waals surface area contributed by atoms with Crippen LogP contribution in [0.4, 0.5) is 8.78 Å². The molecule has 0 fully saturated rings. The second kappa shape index (κ2) is 6.77. The van der Waals surface area contributed by atoms with E-state index in [9.17, 15) is 13.6 Å². The molecule has 0 aromatic heterocycles. The molecular formula is C18H17ClF2O3. The maximum atomic E-state index is 13.4. The highest BCUT2D eigenvalue weighted by molar-refractivity contribution is 6.33. The summed E-state index contributed by atoms with van der Waals surface area (Å²) in [5.74, 6) is -2.25. The van der Waals surface area contributed by atoms with Gasteiger partial charge in [-0.1, -0.05) is 32.4 Å². The molecular weight excluding hydrogens is 338 g/mol. The summed E-state index contributed by atoms with van der Waals surface area (Å²) in [4.78, 5) is 12.3. The summed E-state index contributed by atoms with van der Waals surface area (Å²) in [5, 5.41) is -0.218. The Morgan fingerprint density at radius 3 is 2.29 bits per heavy atom. The van der Waals surface area contributed by atoms with Crippen molar-refractivity contribution in [2.45, 2.75) is 26.2 Å². The van der Waals surface area contributed by atoms with Crippen molar-refractivity contribution in [3.8, 4) is 11.5 Å². The molecule has 0 saturated carbocycles. The Morgan fingerprint density at radius 2 is 1.71 bits per heavy atom. The molecule has 2 aromatic carbocycles. The van der Waals surface area contributed by atoms with Crippen LogP contribution in [0.5, 0.6) is 11.5 Å². The molecule has 0 radical (unpaired) electrons. The van der Waals surface area contributed by atoms with Crippen LogP contribution in [0.3, 0.4) is 0 Å². The first-order valence-electron chi connectivity index (χ1n) is 7.18. The summed E-state index contributed by atoms with van der Waals surface area (Å²) < 4.78 is 37.1. The van der Waals surface area contributed by atoms with Crippen LogP contribution in [0, 0.1) is 11.6 Å². The van der Waals surface area contributed by atoms with Crippen LogP contribution in [-0.2, 0) is 5.41 Å². The maximum absolute atomic E-state index is 13.4. The quantitative estimate of drug-likeness (QED) is 0.435. The highest BCUT2D eigenvalue weighted by Crippen LogP contribution is 2.35. The van der Waals surface area contributed by atoms with Crippen LogP contribution in [0.25, 0.3) is 0 Å². The second-order valence-corrected chi connectivity index (χ2v) is 6.65. The Balaban J connectivity index is 2.41. The van der Waals surface area contributed by atoms with Crippen molar-refractivity contribution >= 4 is 17.6 Å². The Labute approximate surface area is 144 Å². The number of rotatable bonds is 3. The minimum Gasteiger partial charge on any atom is -0.497 e. The molecule has 0 N–H and O–H groups in total. The molecule has 0 spiro atoms. The lowest BCUT2D eigenvalue weighted by atomic mass is 9.86. The van der Waals surface area contributed by atoms with E-state index in [1.807, 2.05) is 20.8 Å². The number of carbonyl (C=O) groups is 1. The van der Waals surface area contributed by atoms with Crippen LogP contribution in [0.2, 0.25) is 5.02 Å². The van der Waals surface area contributed by atoms with E-state index in [-0.39, 0.29) is 16.0 Å². The molecule has 0 unspecified atom stereocenters. The zero-order chi connectivity index (χ0) is 18.1. The third-order valence-corrected chi connectivity index (χ3v) is 3.74. The standard InChI is InChI=1S/C18H17ClF2O3/c1-18(2,3)12-7-10(23-4)5-6-16(12)24-17(22)11-8-14(20)15(21)9-13(11)19/h5-9H,1-4H3. The Hall–Kier alpha value is -2.14. The molecule has 0 amide bonds. The van der Waals surface area contributed by atoms with E-state index in [2.05, 4.69) is 0 Å². The largest absolute Gasteiger partial charge is 0.497 e. The number of esters is 1. The van der Waals surface area contributed by atoms with Crippen LogP contribution >= 0.6 is 11.6 Å². The molecule has 3 nitrogen and oxygen atoms in total. The van der Waals surface area contributed by atoms with E-state index in [1.54, 1.807) is 18.2 Å². The summed E-state index contributed by atoms with van der Waals surface area (Å²) in [6, 6.07) is 6.46. The summed E-state index contributed by atoms with van der Waals surface area (Å²) in [6.07, 6.45) is 0. The molecule has 2 rings (SSSR count). The third kappa shape index (κ3) is 3.85. The monoisotopic (exact) mass is 354 g/mol. The van der Waals surface area contributed by atoms with Crippen molar-refractivity contribution in [1.29, 1.82) is 0 Å². The first-order valence-corrected chi connectivity index (χ1v) is 7.56. The topological polar surface area (TPSA) is 35.5 Å². The number of benzene rings is 2. The summed E-state index contributed by atoms with van der Waals surface area (Å²) in [5.41, 5.74) is 0.155. The van der Waals surface area contributed by atoms with Gasteiger partial charge in [-0.2, -0.15) is 0 Å². The van der Waals surface area contributed by atoms with E-state index < -0.39 is 17.6 Å². The number of halogens is 3. The zero-order valence-electron chi connectivity index (χ0n) is 13.7. The van der Waals surface area contributed by atoms with Crippen molar-refractivity contribution in [2.75, 3.05) is 7.11 Å². The fourth-order valence-corrected chi connectivity index (χ4v) is 2.37. The van der Waals surface area contributed by atoms with Crippen molar-refractivity contribution in [3.05, 3.63) is 58.1 Å². The minimum atomic E-state index is -1.17. The number of hydrogen-bond acceptors (Lipinski definition) is 3. The number of methoxy groups -OCH3 is 1. The van der Waals surface area contributed by atoms with Gasteiger partial charge >= 0.3 is 5.97 Å². The molecule has 0 heterocycles. The maximum Gasteiger partial charge on any atom is 0.345 e. The van der Waals surface area contributed by atoms with E-state index in [0.717, 1.165) is 17.7 Å². The molecule has 0 saturated heterocycles. The van der Waals surface area contributed by atoms with Crippen molar-refractivity contribution in [2.24, 2.45) is 0 Å². The number of carbonyl (C=O) groups excluding carboxylic acids is 1. The van der Waals surface area contributed by atoms with E-state index in [0.29, 0.717) is 11.5 Å². The number of ether oxygens (including phenoxy) is 2. The molecule has 0 aliphatic rings. The van der Waals surface area contributed by atoms with Gasteiger partial charge in [0.25, 0.3) is 0 Å². The van der Waals surface area contributed by atoms with E-state index in [1.165, 1.54) is 7.11 Å². The smallest absolute Gasteiger partial charge is 0.345 e. The normalized spacial score (nSPS) is 11.3. The van der Waals surface area contributed by atoms with Gasteiger partial charge in [-0.3, -0.25) is 0 Å². The Morgan fingerprint density at radius 1 is 1.08 bits per heavy atom. The van der Waals surface area contributed by atoms with Gasteiger partial charge in [-0.25, -0.2) is 13.6 Å².